The molecule has 4 nitrogen and oxygen atoms in total. The number of hydrogen-bond donors (Lipinski definition) is 0. The van der Waals surface area contributed by atoms with E-state index in [-0.39, 0.29) is 11.8 Å². The molecule has 23 heavy (non-hydrogen) atoms. The topological polar surface area (TPSA) is 46.6 Å². The van der Waals surface area contributed by atoms with Crippen LogP contribution in [0.5, 0.6) is 5.75 Å². The summed E-state index contributed by atoms with van der Waals surface area (Å²) in [5.41, 5.74) is 1.01. The summed E-state index contributed by atoms with van der Waals surface area (Å²) in [6.07, 6.45) is 1.52. The van der Waals surface area contributed by atoms with Gasteiger partial charge in [-0.15, -0.1) is 0 Å². The molecule has 5 heteroatoms. The number of fused-ring (bicyclic) bond motifs is 1. The summed E-state index contributed by atoms with van der Waals surface area (Å²) in [7, 11) is 0. The lowest BCUT2D eigenvalue weighted by molar-refractivity contribution is 0.0649. The number of nitrogens with zero attached hydrogens (tertiary/aromatic N) is 1. The molecule has 0 aliphatic carbocycles. The van der Waals surface area contributed by atoms with Crippen molar-refractivity contribution in [1.82, 2.24) is 4.90 Å². The maximum Gasteiger partial charge on any atom is 0.261 e. The number of rotatable bonds is 6. The molecule has 0 radical (unpaired) electrons. The number of hydrogen-bond acceptors (Lipinski definition) is 3. The van der Waals surface area contributed by atoms with Gasteiger partial charge in [0.15, 0.2) is 0 Å². The van der Waals surface area contributed by atoms with Crippen LogP contribution in [0.25, 0.3) is 0 Å². The van der Waals surface area contributed by atoms with Gasteiger partial charge in [-0.3, -0.25) is 14.5 Å². The van der Waals surface area contributed by atoms with Crippen molar-refractivity contribution in [2.45, 2.75) is 12.8 Å². The third-order valence-electron chi connectivity index (χ3n) is 3.74. The highest BCUT2D eigenvalue weighted by molar-refractivity contribution is 14.1. The molecule has 1 aliphatic heterocycles. The van der Waals surface area contributed by atoms with Crippen LogP contribution in [0.3, 0.4) is 0 Å². The minimum absolute atomic E-state index is 0.191. The quantitative estimate of drug-likeness (QED) is 0.406. The lowest BCUT2D eigenvalue weighted by atomic mass is 10.1. The Kier molecular flexibility index (Phi) is 4.95. The van der Waals surface area contributed by atoms with Gasteiger partial charge in [0.1, 0.15) is 5.75 Å². The van der Waals surface area contributed by atoms with Crippen molar-refractivity contribution in [3.63, 3.8) is 0 Å². The molecule has 0 bridgehead atoms. The molecule has 118 valence electrons. The van der Waals surface area contributed by atoms with Crippen LogP contribution in [0.1, 0.15) is 33.6 Å². The van der Waals surface area contributed by atoms with E-state index in [2.05, 4.69) is 22.6 Å². The summed E-state index contributed by atoms with van der Waals surface area (Å²) < 4.78 is 6.82. The molecule has 0 N–H and O–H groups in total. The van der Waals surface area contributed by atoms with Gasteiger partial charge in [0.2, 0.25) is 0 Å². The molecule has 1 aliphatic rings. The molecule has 0 saturated heterocycles. The first-order valence-corrected chi connectivity index (χ1v) is 8.58. The van der Waals surface area contributed by atoms with E-state index in [9.17, 15) is 9.59 Å². The third kappa shape index (κ3) is 3.55. The van der Waals surface area contributed by atoms with Gasteiger partial charge in [-0.2, -0.15) is 0 Å². The van der Waals surface area contributed by atoms with Gasteiger partial charge in [-0.25, -0.2) is 0 Å². The minimum Gasteiger partial charge on any atom is -0.494 e. The number of benzene rings is 2. The normalized spacial score (nSPS) is 13.3. The fourth-order valence-electron chi connectivity index (χ4n) is 2.54. The van der Waals surface area contributed by atoms with Crippen LogP contribution in [0.15, 0.2) is 48.5 Å². The van der Waals surface area contributed by atoms with Crippen molar-refractivity contribution in [3.05, 3.63) is 63.2 Å². The average molecular weight is 421 g/mol. The van der Waals surface area contributed by atoms with Crippen molar-refractivity contribution < 1.29 is 14.3 Å². The van der Waals surface area contributed by atoms with Gasteiger partial charge in [-0.1, -0.05) is 12.1 Å². The summed E-state index contributed by atoms with van der Waals surface area (Å²) in [5, 5.41) is 0. The first kappa shape index (κ1) is 16.0. The zero-order chi connectivity index (χ0) is 16.2. The lowest BCUT2D eigenvalue weighted by Gasteiger charge is -2.13. The summed E-state index contributed by atoms with van der Waals surface area (Å²) >= 11 is 2.25. The Bertz CT molecular complexity index is 692. The third-order valence-corrected chi connectivity index (χ3v) is 4.46. The van der Waals surface area contributed by atoms with Crippen molar-refractivity contribution in [1.29, 1.82) is 0 Å². The van der Waals surface area contributed by atoms with Gasteiger partial charge in [0.05, 0.1) is 17.7 Å². The summed E-state index contributed by atoms with van der Waals surface area (Å²) in [5.74, 6) is 0.458. The maximum atomic E-state index is 12.2. The Balaban J connectivity index is 1.46. The fraction of sp³-hybridized carbons (Fsp3) is 0.222. The highest BCUT2D eigenvalue weighted by Gasteiger charge is 2.34. The molecule has 0 saturated carbocycles. The minimum atomic E-state index is -0.191. The molecule has 1 heterocycles. The second-order valence-corrected chi connectivity index (χ2v) is 6.56. The van der Waals surface area contributed by atoms with Crippen LogP contribution in [-0.2, 0) is 0 Å². The zero-order valence-corrected chi connectivity index (χ0v) is 14.7. The number of imide groups is 1. The number of amides is 2. The highest BCUT2D eigenvalue weighted by Crippen LogP contribution is 2.22. The van der Waals surface area contributed by atoms with E-state index < -0.39 is 0 Å². The van der Waals surface area contributed by atoms with Crippen LogP contribution in [-0.4, -0.2) is 29.9 Å². The molecule has 0 aromatic heterocycles. The Morgan fingerprint density at radius 1 is 0.870 bits per heavy atom. The smallest absolute Gasteiger partial charge is 0.261 e. The lowest BCUT2D eigenvalue weighted by Crippen LogP contribution is -2.30. The van der Waals surface area contributed by atoms with Gasteiger partial charge >= 0.3 is 0 Å². The summed E-state index contributed by atoms with van der Waals surface area (Å²) in [6.45, 7) is 1.01. The maximum absolute atomic E-state index is 12.2. The molecule has 3 rings (SSSR count). The molecule has 0 atom stereocenters. The number of halogens is 1. The first-order valence-electron chi connectivity index (χ1n) is 7.50. The van der Waals surface area contributed by atoms with E-state index in [1.54, 1.807) is 24.3 Å². The fourth-order valence-corrected chi connectivity index (χ4v) is 2.89. The number of unbranched alkanes of at least 4 members (excludes halogenated alkanes) is 1. The second kappa shape index (κ2) is 7.12. The standard InChI is InChI=1S/C18H16INO3/c19-13-7-9-14(10-8-13)23-12-4-3-11-20-17(21)15-5-1-2-6-16(15)18(20)22/h1-2,5-10H,3-4,11-12H2. The second-order valence-electron chi connectivity index (χ2n) is 5.32. The molecule has 0 spiro atoms. The summed E-state index contributed by atoms with van der Waals surface area (Å²) in [4.78, 5) is 25.7. The van der Waals surface area contributed by atoms with E-state index in [0.29, 0.717) is 24.3 Å². The van der Waals surface area contributed by atoms with E-state index in [1.807, 2.05) is 24.3 Å². The predicted molar refractivity (Wildman–Crippen MR) is 95.7 cm³/mol. The Morgan fingerprint density at radius 2 is 1.48 bits per heavy atom. The highest BCUT2D eigenvalue weighted by atomic mass is 127. The number of carbonyl (C=O) groups is 2. The van der Waals surface area contributed by atoms with Crippen LogP contribution < -0.4 is 4.74 Å². The number of ether oxygens (including phenoxy) is 1. The largest absolute Gasteiger partial charge is 0.494 e. The summed E-state index contributed by atoms with van der Waals surface area (Å²) in [6, 6.07) is 14.8. The van der Waals surface area contributed by atoms with Crippen molar-refractivity contribution >= 4 is 34.4 Å². The Morgan fingerprint density at radius 3 is 2.09 bits per heavy atom. The van der Waals surface area contributed by atoms with Crippen LogP contribution in [0.4, 0.5) is 0 Å². The van der Waals surface area contributed by atoms with E-state index in [0.717, 1.165) is 18.6 Å². The van der Waals surface area contributed by atoms with Gasteiger partial charge in [-0.05, 0) is 71.8 Å². The molecule has 0 fully saturated rings. The van der Waals surface area contributed by atoms with Crippen LogP contribution in [0, 0.1) is 3.57 Å². The Hall–Kier alpha value is -1.89. The van der Waals surface area contributed by atoms with Crippen molar-refractivity contribution in [2.75, 3.05) is 13.2 Å². The molecule has 0 unspecified atom stereocenters. The molecular formula is C18H16INO3. The molecule has 2 aromatic rings. The average Bonchev–Trinajstić information content (AvgIpc) is 2.81. The van der Waals surface area contributed by atoms with Gasteiger partial charge < -0.3 is 4.74 Å². The first-order chi connectivity index (χ1) is 11.2. The molecule has 2 amide bonds. The van der Waals surface area contributed by atoms with Crippen molar-refractivity contribution in [2.24, 2.45) is 0 Å². The van der Waals surface area contributed by atoms with Gasteiger partial charge in [0.25, 0.3) is 11.8 Å². The zero-order valence-electron chi connectivity index (χ0n) is 12.5. The predicted octanol–water partition coefficient (Wildman–Crippen LogP) is 3.75. The molecule has 2 aromatic carbocycles. The van der Waals surface area contributed by atoms with Crippen LogP contribution in [0.2, 0.25) is 0 Å². The van der Waals surface area contributed by atoms with E-state index >= 15 is 0 Å². The van der Waals surface area contributed by atoms with E-state index in [4.69, 9.17) is 4.74 Å². The van der Waals surface area contributed by atoms with Crippen LogP contribution >= 0.6 is 22.6 Å². The monoisotopic (exact) mass is 421 g/mol. The number of carbonyl (C=O) groups excluding carboxylic acids is 2. The van der Waals surface area contributed by atoms with Gasteiger partial charge in [0, 0.05) is 10.1 Å². The van der Waals surface area contributed by atoms with E-state index in [1.165, 1.54) is 8.47 Å². The Labute approximate surface area is 148 Å². The SMILES string of the molecule is O=C1c2ccccc2C(=O)N1CCCCOc1ccc(I)cc1. The molecular weight excluding hydrogens is 405 g/mol. The van der Waals surface area contributed by atoms with Crippen molar-refractivity contribution in [3.8, 4) is 5.75 Å².